The van der Waals surface area contributed by atoms with Crippen LogP contribution in [0.15, 0.2) is 0 Å². The maximum absolute atomic E-state index is 11.3. The molecule has 0 aliphatic carbocycles. The molecule has 13 heavy (non-hydrogen) atoms. The Labute approximate surface area is 85.4 Å². The monoisotopic (exact) mass is 249 g/mol. The van der Waals surface area contributed by atoms with Crippen molar-refractivity contribution >= 4 is 27.8 Å². The topological polar surface area (TPSA) is 46.6 Å². The third kappa shape index (κ3) is 2.21. The van der Waals surface area contributed by atoms with Crippen LogP contribution < -0.4 is 0 Å². The molecule has 5 heteroatoms. The van der Waals surface area contributed by atoms with E-state index in [2.05, 4.69) is 20.7 Å². The number of amides is 1. The van der Waals surface area contributed by atoms with Crippen LogP contribution in [0, 0.1) is 0 Å². The normalized spacial score (nSPS) is 21.7. The van der Waals surface area contributed by atoms with Gasteiger partial charge in [0.1, 0.15) is 6.04 Å². The number of methoxy groups -OCH3 is 1. The van der Waals surface area contributed by atoms with Crippen LogP contribution in [-0.2, 0) is 14.3 Å². The zero-order chi connectivity index (χ0) is 9.84. The van der Waals surface area contributed by atoms with E-state index in [4.69, 9.17) is 0 Å². The third-order valence-electron chi connectivity index (χ3n) is 2.16. The van der Waals surface area contributed by atoms with E-state index in [1.54, 1.807) is 4.90 Å². The summed E-state index contributed by atoms with van der Waals surface area (Å²) in [4.78, 5) is 24.1. The standard InChI is InChI=1S/C8H12BrNO3/c1-13-8(12)6-3-2-4-10(6)7(11)5-9/h6H,2-5H2,1H3/t6-/m1/s1. The van der Waals surface area contributed by atoms with Crippen LogP contribution in [0.25, 0.3) is 0 Å². The largest absolute Gasteiger partial charge is 0.467 e. The zero-order valence-corrected chi connectivity index (χ0v) is 9.04. The Kier molecular flexibility index (Phi) is 3.71. The minimum absolute atomic E-state index is 0.0482. The summed E-state index contributed by atoms with van der Waals surface area (Å²) in [5, 5.41) is 0.264. The van der Waals surface area contributed by atoms with Crippen LogP contribution in [-0.4, -0.2) is 41.8 Å². The first-order chi connectivity index (χ1) is 6.20. The second-order valence-corrected chi connectivity index (χ2v) is 3.46. The lowest BCUT2D eigenvalue weighted by molar-refractivity contribution is -0.150. The molecule has 1 rings (SSSR count). The van der Waals surface area contributed by atoms with Crippen LogP contribution >= 0.6 is 15.9 Å². The second kappa shape index (κ2) is 4.60. The zero-order valence-electron chi connectivity index (χ0n) is 7.46. The molecule has 1 atom stereocenters. The van der Waals surface area contributed by atoms with Gasteiger partial charge in [-0.25, -0.2) is 4.79 Å². The van der Waals surface area contributed by atoms with Crippen molar-refractivity contribution in [1.29, 1.82) is 0 Å². The van der Waals surface area contributed by atoms with E-state index in [1.807, 2.05) is 0 Å². The van der Waals surface area contributed by atoms with Gasteiger partial charge in [-0.15, -0.1) is 0 Å². The highest BCUT2D eigenvalue weighted by atomic mass is 79.9. The maximum Gasteiger partial charge on any atom is 0.328 e. The highest BCUT2D eigenvalue weighted by Gasteiger charge is 2.33. The van der Waals surface area contributed by atoms with E-state index >= 15 is 0 Å². The van der Waals surface area contributed by atoms with Gasteiger partial charge in [-0.2, -0.15) is 0 Å². The molecule has 0 spiro atoms. The first-order valence-corrected chi connectivity index (χ1v) is 5.26. The molecule has 1 aliphatic rings. The lowest BCUT2D eigenvalue weighted by Crippen LogP contribution is -2.41. The van der Waals surface area contributed by atoms with Crippen molar-refractivity contribution in [3.05, 3.63) is 0 Å². The number of likely N-dealkylation sites (tertiary alicyclic amines) is 1. The third-order valence-corrected chi connectivity index (χ3v) is 2.64. The number of nitrogens with zero attached hydrogens (tertiary/aromatic N) is 1. The van der Waals surface area contributed by atoms with E-state index in [1.165, 1.54) is 7.11 Å². The van der Waals surface area contributed by atoms with Crippen LogP contribution in [0.2, 0.25) is 0 Å². The molecule has 74 valence electrons. The molecule has 1 fully saturated rings. The van der Waals surface area contributed by atoms with Gasteiger partial charge in [-0.05, 0) is 12.8 Å². The lowest BCUT2D eigenvalue weighted by atomic mass is 10.2. The summed E-state index contributed by atoms with van der Waals surface area (Å²) >= 11 is 3.08. The minimum Gasteiger partial charge on any atom is -0.467 e. The number of carbonyl (C=O) groups is 2. The van der Waals surface area contributed by atoms with Gasteiger partial charge in [0.2, 0.25) is 5.91 Å². The van der Waals surface area contributed by atoms with E-state index in [9.17, 15) is 9.59 Å². The average Bonchev–Trinajstić information content (AvgIpc) is 2.63. The molecule has 1 aliphatic heterocycles. The fourth-order valence-electron chi connectivity index (χ4n) is 1.52. The van der Waals surface area contributed by atoms with Gasteiger partial charge < -0.3 is 9.64 Å². The molecule has 0 aromatic heterocycles. The number of esters is 1. The lowest BCUT2D eigenvalue weighted by Gasteiger charge is -2.21. The first-order valence-electron chi connectivity index (χ1n) is 4.14. The fraction of sp³-hybridized carbons (Fsp3) is 0.750. The summed E-state index contributed by atoms with van der Waals surface area (Å²) in [6.45, 7) is 0.657. The van der Waals surface area contributed by atoms with Gasteiger partial charge >= 0.3 is 5.97 Å². The second-order valence-electron chi connectivity index (χ2n) is 2.90. The van der Waals surface area contributed by atoms with Crippen molar-refractivity contribution in [2.75, 3.05) is 19.0 Å². The molecule has 1 saturated heterocycles. The molecule has 0 N–H and O–H groups in total. The molecule has 0 radical (unpaired) electrons. The molecule has 1 heterocycles. The van der Waals surface area contributed by atoms with Gasteiger partial charge in [0.05, 0.1) is 12.4 Å². The van der Waals surface area contributed by atoms with Crippen molar-refractivity contribution in [3.63, 3.8) is 0 Å². The fourth-order valence-corrected chi connectivity index (χ4v) is 1.85. The summed E-state index contributed by atoms with van der Waals surface area (Å²) in [5.74, 6) is -0.361. The van der Waals surface area contributed by atoms with Crippen molar-refractivity contribution < 1.29 is 14.3 Å². The van der Waals surface area contributed by atoms with Crippen molar-refractivity contribution in [2.24, 2.45) is 0 Å². The number of alkyl halides is 1. The van der Waals surface area contributed by atoms with E-state index < -0.39 is 0 Å². The van der Waals surface area contributed by atoms with Crippen molar-refractivity contribution in [1.82, 2.24) is 4.90 Å². The number of ether oxygens (including phenoxy) is 1. The highest BCUT2D eigenvalue weighted by molar-refractivity contribution is 9.09. The Morgan fingerprint density at radius 1 is 1.62 bits per heavy atom. The Morgan fingerprint density at radius 3 is 2.85 bits per heavy atom. The number of carbonyl (C=O) groups excluding carboxylic acids is 2. The minimum atomic E-state index is -0.366. The van der Waals surface area contributed by atoms with E-state index in [0.29, 0.717) is 13.0 Å². The molecular formula is C8H12BrNO3. The molecule has 0 aromatic carbocycles. The maximum atomic E-state index is 11.3. The Balaban J connectivity index is 2.63. The molecular weight excluding hydrogens is 238 g/mol. The molecule has 4 nitrogen and oxygen atoms in total. The molecule has 0 aromatic rings. The van der Waals surface area contributed by atoms with Gasteiger partial charge in [0.25, 0.3) is 0 Å². The summed E-state index contributed by atoms with van der Waals surface area (Å²) < 4.78 is 4.61. The summed E-state index contributed by atoms with van der Waals surface area (Å²) in [7, 11) is 1.34. The molecule has 0 saturated carbocycles. The number of rotatable bonds is 2. The Morgan fingerprint density at radius 2 is 2.31 bits per heavy atom. The quantitative estimate of drug-likeness (QED) is 0.531. The summed E-state index contributed by atoms with van der Waals surface area (Å²) in [6.07, 6.45) is 1.59. The van der Waals surface area contributed by atoms with Crippen LogP contribution in [0.3, 0.4) is 0 Å². The molecule has 0 bridgehead atoms. The van der Waals surface area contributed by atoms with Crippen molar-refractivity contribution in [2.45, 2.75) is 18.9 Å². The first kappa shape index (κ1) is 10.5. The number of hydrogen-bond donors (Lipinski definition) is 0. The van der Waals surface area contributed by atoms with Gasteiger partial charge in [-0.3, -0.25) is 4.79 Å². The van der Waals surface area contributed by atoms with E-state index in [-0.39, 0.29) is 23.2 Å². The number of hydrogen-bond acceptors (Lipinski definition) is 3. The molecule has 0 unspecified atom stereocenters. The Bertz CT molecular complexity index is 197. The van der Waals surface area contributed by atoms with Gasteiger partial charge in [0.15, 0.2) is 0 Å². The molecule has 1 amide bonds. The van der Waals surface area contributed by atoms with Crippen LogP contribution in [0.4, 0.5) is 0 Å². The van der Waals surface area contributed by atoms with Crippen LogP contribution in [0.5, 0.6) is 0 Å². The Hall–Kier alpha value is -0.580. The van der Waals surface area contributed by atoms with Gasteiger partial charge in [-0.1, -0.05) is 15.9 Å². The van der Waals surface area contributed by atoms with Crippen LogP contribution in [0.1, 0.15) is 12.8 Å². The smallest absolute Gasteiger partial charge is 0.328 e. The van der Waals surface area contributed by atoms with Crippen molar-refractivity contribution in [3.8, 4) is 0 Å². The highest BCUT2D eigenvalue weighted by Crippen LogP contribution is 2.18. The predicted molar refractivity (Wildman–Crippen MR) is 50.5 cm³/mol. The predicted octanol–water partition coefficient (Wildman–Crippen LogP) is 0.545. The van der Waals surface area contributed by atoms with E-state index in [0.717, 1.165) is 6.42 Å². The SMILES string of the molecule is COC(=O)[C@H]1CCCN1C(=O)CBr. The summed E-state index contributed by atoms with van der Waals surface area (Å²) in [5.41, 5.74) is 0. The number of halogens is 1. The average molecular weight is 250 g/mol. The summed E-state index contributed by atoms with van der Waals surface area (Å²) in [6, 6.07) is -0.366. The van der Waals surface area contributed by atoms with Gasteiger partial charge in [0, 0.05) is 6.54 Å².